The molecular formula is C15H23NS. The highest BCUT2D eigenvalue weighted by molar-refractivity contribution is 7.99. The quantitative estimate of drug-likeness (QED) is 0.865. The average molecular weight is 249 g/mol. The van der Waals surface area contributed by atoms with Gasteiger partial charge in [-0.2, -0.15) is 11.8 Å². The minimum absolute atomic E-state index is 0.521. The number of fused-ring (bicyclic) bond motifs is 1. The van der Waals surface area contributed by atoms with Crippen LogP contribution >= 0.6 is 11.8 Å². The van der Waals surface area contributed by atoms with Gasteiger partial charge in [0.05, 0.1) is 0 Å². The summed E-state index contributed by atoms with van der Waals surface area (Å²) >= 11 is 2.09. The molecule has 0 bridgehead atoms. The average Bonchev–Trinajstić information content (AvgIpc) is 2.36. The van der Waals surface area contributed by atoms with Gasteiger partial charge in [0.25, 0.3) is 0 Å². The zero-order valence-electron chi connectivity index (χ0n) is 11.3. The summed E-state index contributed by atoms with van der Waals surface area (Å²) in [4.78, 5) is 0. The third kappa shape index (κ3) is 2.53. The number of hydrogen-bond acceptors (Lipinski definition) is 2. The van der Waals surface area contributed by atoms with E-state index in [0.717, 1.165) is 5.25 Å². The van der Waals surface area contributed by atoms with E-state index in [1.165, 1.54) is 28.9 Å². The highest BCUT2D eigenvalue weighted by Gasteiger charge is 2.27. The first kappa shape index (κ1) is 13.0. The maximum atomic E-state index is 3.51. The molecule has 2 atom stereocenters. The van der Waals surface area contributed by atoms with Crippen molar-refractivity contribution in [1.29, 1.82) is 0 Å². The molecule has 0 spiro atoms. The second kappa shape index (κ2) is 5.45. The fourth-order valence-electron chi connectivity index (χ4n) is 2.58. The molecule has 1 N–H and O–H groups in total. The van der Waals surface area contributed by atoms with Crippen molar-refractivity contribution < 1.29 is 0 Å². The summed E-state index contributed by atoms with van der Waals surface area (Å²) in [5, 5.41) is 4.22. The van der Waals surface area contributed by atoms with Crippen molar-refractivity contribution in [3.8, 4) is 0 Å². The third-order valence-electron chi connectivity index (χ3n) is 3.71. The lowest BCUT2D eigenvalue weighted by atomic mass is 9.91. The monoisotopic (exact) mass is 249 g/mol. The molecule has 1 aliphatic heterocycles. The summed E-state index contributed by atoms with van der Waals surface area (Å²) in [6, 6.07) is 7.56. The molecule has 1 nitrogen and oxygen atoms in total. The molecule has 1 aromatic carbocycles. The lowest BCUT2D eigenvalue weighted by molar-refractivity contribution is 0.545. The SMILES string of the molecule is CCC1SCc2ccc(C(C)C)cc2C1NC. The van der Waals surface area contributed by atoms with Gasteiger partial charge in [-0.3, -0.25) is 0 Å². The second-order valence-electron chi connectivity index (χ2n) is 5.14. The Labute approximate surface area is 109 Å². The first-order valence-electron chi connectivity index (χ1n) is 6.59. The second-order valence-corrected chi connectivity index (χ2v) is 6.36. The van der Waals surface area contributed by atoms with Crippen molar-refractivity contribution in [1.82, 2.24) is 5.32 Å². The van der Waals surface area contributed by atoms with Gasteiger partial charge < -0.3 is 5.32 Å². The van der Waals surface area contributed by atoms with Crippen LogP contribution in [0, 0.1) is 0 Å². The lowest BCUT2D eigenvalue weighted by Gasteiger charge is -2.33. The summed E-state index contributed by atoms with van der Waals surface area (Å²) in [5.74, 6) is 1.79. The van der Waals surface area contributed by atoms with Crippen LogP contribution in [-0.4, -0.2) is 12.3 Å². The van der Waals surface area contributed by atoms with Gasteiger partial charge in [-0.15, -0.1) is 0 Å². The molecule has 94 valence electrons. The Hall–Kier alpha value is -0.470. The van der Waals surface area contributed by atoms with Crippen molar-refractivity contribution in [2.45, 2.75) is 50.2 Å². The highest BCUT2D eigenvalue weighted by atomic mass is 32.2. The van der Waals surface area contributed by atoms with E-state index in [9.17, 15) is 0 Å². The minimum atomic E-state index is 0.521. The first-order valence-corrected chi connectivity index (χ1v) is 7.63. The standard InChI is InChI=1S/C15H23NS/c1-5-14-15(16-4)13-8-11(10(2)3)6-7-12(13)9-17-14/h6-8,10,14-16H,5,9H2,1-4H3. The Balaban J connectivity index is 2.39. The van der Waals surface area contributed by atoms with Gasteiger partial charge in [-0.1, -0.05) is 39.0 Å². The number of hydrogen-bond donors (Lipinski definition) is 1. The van der Waals surface area contributed by atoms with Gasteiger partial charge in [0.15, 0.2) is 0 Å². The molecule has 0 aliphatic carbocycles. The summed E-state index contributed by atoms with van der Waals surface area (Å²) in [5.41, 5.74) is 4.51. The molecule has 0 saturated heterocycles. The van der Waals surface area contributed by atoms with E-state index < -0.39 is 0 Å². The van der Waals surface area contributed by atoms with Crippen LogP contribution in [0.25, 0.3) is 0 Å². The van der Waals surface area contributed by atoms with Gasteiger partial charge in [-0.05, 0) is 36.1 Å². The van der Waals surface area contributed by atoms with E-state index in [1.807, 2.05) is 0 Å². The Morgan fingerprint density at radius 3 is 2.76 bits per heavy atom. The van der Waals surface area contributed by atoms with E-state index in [-0.39, 0.29) is 0 Å². The third-order valence-corrected chi connectivity index (χ3v) is 5.22. The van der Waals surface area contributed by atoms with Crippen molar-refractivity contribution in [3.05, 3.63) is 34.9 Å². The number of thioether (sulfide) groups is 1. The molecule has 2 unspecified atom stereocenters. The zero-order valence-corrected chi connectivity index (χ0v) is 12.1. The molecule has 2 heteroatoms. The molecule has 0 radical (unpaired) electrons. The van der Waals surface area contributed by atoms with Crippen LogP contribution in [0.15, 0.2) is 18.2 Å². The van der Waals surface area contributed by atoms with Crippen LogP contribution < -0.4 is 5.32 Å². The summed E-state index contributed by atoms with van der Waals surface area (Å²) in [6.07, 6.45) is 1.24. The Morgan fingerprint density at radius 2 is 2.18 bits per heavy atom. The maximum Gasteiger partial charge on any atom is 0.0441 e. The maximum absolute atomic E-state index is 3.51. The van der Waals surface area contributed by atoms with Crippen LogP contribution in [0.2, 0.25) is 0 Å². The first-order chi connectivity index (χ1) is 8.17. The van der Waals surface area contributed by atoms with Crippen molar-refractivity contribution >= 4 is 11.8 Å². The summed E-state index contributed by atoms with van der Waals surface area (Å²) < 4.78 is 0. The van der Waals surface area contributed by atoms with Gasteiger partial charge in [0, 0.05) is 17.0 Å². The molecule has 1 aromatic rings. The normalized spacial score (nSPS) is 23.8. The van der Waals surface area contributed by atoms with Crippen LogP contribution in [0.4, 0.5) is 0 Å². The van der Waals surface area contributed by atoms with Crippen LogP contribution in [0.1, 0.15) is 55.8 Å². The predicted molar refractivity (Wildman–Crippen MR) is 77.7 cm³/mol. The Bertz CT molecular complexity index is 387. The van der Waals surface area contributed by atoms with E-state index in [1.54, 1.807) is 0 Å². The van der Waals surface area contributed by atoms with Gasteiger partial charge in [0.2, 0.25) is 0 Å². The summed E-state index contributed by atoms with van der Waals surface area (Å²) in [6.45, 7) is 6.83. The fourth-order valence-corrected chi connectivity index (χ4v) is 3.95. The number of nitrogens with one attached hydrogen (secondary N) is 1. The lowest BCUT2D eigenvalue weighted by Crippen LogP contribution is -2.30. The number of rotatable bonds is 3. The largest absolute Gasteiger partial charge is 0.312 e. The smallest absolute Gasteiger partial charge is 0.0441 e. The molecule has 1 aliphatic rings. The van der Waals surface area contributed by atoms with Crippen molar-refractivity contribution in [2.24, 2.45) is 0 Å². The highest BCUT2D eigenvalue weighted by Crippen LogP contribution is 2.39. The van der Waals surface area contributed by atoms with E-state index in [2.05, 4.69) is 63.1 Å². The van der Waals surface area contributed by atoms with Crippen LogP contribution in [0.5, 0.6) is 0 Å². The van der Waals surface area contributed by atoms with Crippen molar-refractivity contribution in [3.63, 3.8) is 0 Å². The molecule has 1 heterocycles. The molecule has 0 fully saturated rings. The van der Waals surface area contributed by atoms with E-state index in [4.69, 9.17) is 0 Å². The molecular weight excluding hydrogens is 226 g/mol. The fraction of sp³-hybridized carbons (Fsp3) is 0.600. The van der Waals surface area contributed by atoms with Gasteiger partial charge >= 0.3 is 0 Å². The Morgan fingerprint density at radius 1 is 1.41 bits per heavy atom. The van der Waals surface area contributed by atoms with E-state index >= 15 is 0 Å². The van der Waals surface area contributed by atoms with Gasteiger partial charge in [0.1, 0.15) is 0 Å². The molecule has 17 heavy (non-hydrogen) atoms. The van der Waals surface area contributed by atoms with Gasteiger partial charge in [-0.25, -0.2) is 0 Å². The minimum Gasteiger partial charge on any atom is -0.312 e. The number of benzene rings is 1. The molecule has 0 amide bonds. The summed E-state index contributed by atoms with van der Waals surface area (Å²) in [7, 11) is 2.09. The topological polar surface area (TPSA) is 12.0 Å². The molecule has 0 saturated carbocycles. The Kier molecular flexibility index (Phi) is 4.16. The van der Waals surface area contributed by atoms with E-state index in [0.29, 0.717) is 12.0 Å². The zero-order chi connectivity index (χ0) is 12.4. The molecule has 0 aromatic heterocycles. The molecule has 2 rings (SSSR count). The predicted octanol–water partition coefficient (Wildman–Crippen LogP) is 4.10. The van der Waals surface area contributed by atoms with Crippen LogP contribution in [-0.2, 0) is 5.75 Å². The van der Waals surface area contributed by atoms with Crippen LogP contribution in [0.3, 0.4) is 0 Å². The van der Waals surface area contributed by atoms with Crippen molar-refractivity contribution in [2.75, 3.05) is 7.05 Å².